The summed E-state index contributed by atoms with van der Waals surface area (Å²) in [6, 6.07) is 0. The first kappa shape index (κ1) is 10.1. The van der Waals surface area contributed by atoms with Crippen molar-refractivity contribution in [3.8, 4) is 0 Å². The SMILES string of the molecule is CCOC(C)c1nnnn1CCN. The molecular weight excluding hydrogens is 170 g/mol. The lowest BCUT2D eigenvalue weighted by atomic mass is 10.4. The second-order valence-corrected chi connectivity index (χ2v) is 2.65. The Morgan fingerprint density at radius 2 is 2.38 bits per heavy atom. The molecular formula is C7H15N5O. The monoisotopic (exact) mass is 185 g/mol. The fourth-order valence-corrected chi connectivity index (χ4v) is 1.11. The molecule has 1 unspecified atom stereocenters. The van der Waals surface area contributed by atoms with Crippen molar-refractivity contribution >= 4 is 0 Å². The van der Waals surface area contributed by atoms with Gasteiger partial charge in [0, 0.05) is 13.2 Å². The first-order chi connectivity index (χ1) is 6.29. The lowest BCUT2D eigenvalue weighted by Crippen LogP contribution is -2.16. The van der Waals surface area contributed by atoms with E-state index < -0.39 is 0 Å². The molecule has 0 saturated heterocycles. The van der Waals surface area contributed by atoms with E-state index in [2.05, 4.69) is 15.5 Å². The molecule has 1 heterocycles. The van der Waals surface area contributed by atoms with Crippen molar-refractivity contribution in [3.63, 3.8) is 0 Å². The fraction of sp³-hybridized carbons (Fsp3) is 0.857. The number of hydrogen-bond donors (Lipinski definition) is 1. The van der Waals surface area contributed by atoms with Gasteiger partial charge in [0.05, 0.1) is 6.54 Å². The fourth-order valence-electron chi connectivity index (χ4n) is 1.11. The molecule has 1 aromatic heterocycles. The number of tetrazole rings is 1. The molecule has 0 amide bonds. The number of hydrogen-bond acceptors (Lipinski definition) is 5. The molecule has 1 rings (SSSR count). The molecule has 0 aromatic carbocycles. The van der Waals surface area contributed by atoms with Crippen molar-refractivity contribution in [2.75, 3.05) is 13.2 Å². The van der Waals surface area contributed by atoms with E-state index >= 15 is 0 Å². The maximum absolute atomic E-state index is 5.41. The minimum Gasteiger partial charge on any atom is -0.371 e. The Morgan fingerprint density at radius 1 is 1.62 bits per heavy atom. The quantitative estimate of drug-likeness (QED) is 0.683. The van der Waals surface area contributed by atoms with Crippen molar-refractivity contribution in [1.29, 1.82) is 0 Å². The molecule has 1 aromatic rings. The maximum Gasteiger partial charge on any atom is 0.180 e. The van der Waals surface area contributed by atoms with E-state index in [-0.39, 0.29) is 6.10 Å². The number of nitrogens with zero attached hydrogens (tertiary/aromatic N) is 4. The summed E-state index contributed by atoms with van der Waals surface area (Å²) < 4.78 is 7.04. The van der Waals surface area contributed by atoms with Gasteiger partial charge in [0.1, 0.15) is 6.10 Å². The second kappa shape index (κ2) is 4.88. The van der Waals surface area contributed by atoms with Gasteiger partial charge in [0.15, 0.2) is 5.82 Å². The largest absolute Gasteiger partial charge is 0.371 e. The summed E-state index contributed by atoms with van der Waals surface area (Å²) in [6.45, 7) is 5.66. The smallest absolute Gasteiger partial charge is 0.180 e. The van der Waals surface area contributed by atoms with Crippen LogP contribution in [-0.4, -0.2) is 33.4 Å². The van der Waals surface area contributed by atoms with Gasteiger partial charge in [0.25, 0.3) is 0 Å². The Hall–Kier alpha value is -1.01. The summed E-state index contributed by atoms with van der Waals surface area (Å²) >= 11 is 0. The summed E-state index contributed by atoms with van der Waals surface area (Å²) in [5.41, 5.74) is 5.41. The lowest BCUT2D eigenvalue weighted by molar-refractivity contribution is 0.0665. The van der Waals surface area contributed by atoms with E-state index in [0.717, 1.165) is 5.82 Å². The molecule has 0 bridgehead atoms. The van der Waals surface area contributed by atoms with E-state index in [1.807, 2.05) is 13.8 Å². The minimum absolute atomic E-state index is 0.0773. The van der Waals surface area contributed by atoms with Crippen molar-refractivity contribution in [2.24, 2.45) is 5.73 Å². The predicted molar refractivity (Wildman–Crippen MR) is 46.9 cm³/mol. The van der Waals surface area contributed by atoms with Crippen LogP contribution in [0.3, 0.4) is 0 Å². The molecule has 0 aliphatic heterocycles. The molecule has 74 valence electrons. The van der Waals surface area contributed by atoms with Gasteiger partial charge in [-0.05, 0) is 24.3 Å². The van der Waals surface area contributed by atoms with E-state index in [9.17, 15) is 0 Å². The molecule has 0 fully saturated rings. The zero-order chi connectivity index (χ0) is 9.68. The van der Waals surface area contributed by atoms with Crippen molar-refractivity contribution in [2.45, 2.75) is 26.5 Å². The Morgan fingerprint density at radius 3 is 3.00 bits per heavy atom. The third-order valence-electron chi connectivity index (χ3n) is 1.68. The Balaban J connectivity index is 2.68. The highest BCUT2D eigenvalue weighted by Crippen LogP contribution is 2.11. The van der Waals surface area contributed by atoms with E-state index in [1.165, 1.54) is 0 Å². The van der Waals surface area contributed by atoms with Gasteiger partial charge in [-0.3, -0.25) is 0 Å². The van der Waals surface area contributed by atoms with Gasteiger partial charge in [0.2, 0.25) is 0 Å². The van der Waals surface area contributed by atoms with Gasteiger partial charge in [-0.2, -0.15) is 0 Å². The van der Waals surface area contributed by atoms with Crippen LogP contribution in [0.2, 0.25) is 0 Å². The van der Waals surface area contributed by atoms with Gasteiger partial charge in [-0.25, -0.2) is 4.68 Å². The summed E-state index contributed by atoms with van der Waals surface area (Å²) in [6.07, 6.45) is -0.0773. The average molecular weight is 185 g/mol. The average Bonchev–Trinajstić information content (AvgIpc) is 2.54. The van der Waals surface area contributed by atoms with E-state index in [4.69, 9.17) is 10.5 Å². The highest BCUT2D eigenvalue weighted by atomic mass is 16.5. The lowest BCUT2D eigenvalue weighted by Gasteiger charge is -2.10. The molecule has 0 saturated carbocycles. The normalized spacial score (nSPS) is 13.2. The van der Waals surface area contributed by atoms with Gasteiger partial charge in [-0.1, -0.05) is 0 Å². The third-order valence-corrected chi connectivity index (χ3v) is 1.68. The molecule has 0 aliphatic carbocycles. The summed E-state index contributed by atoms with van der Waals surface area (Å²) in [7, 11) is 0. The Bertz CT molecular complexity index is 249. The predicted octanol–water partition coefficient (Wildman–Crippen LogP) is -0.271. The van der Waals surface area contributed by atoms with Gasteiger partial charge in [-0.15, -0.1) is 5.10 Å². The molecule has 0 aliphatic rings. The number of ether oxygens (including phenoxy) is 1. The highest BCUT2D eigenvalue weighted by Gasteiger charge is 2.13. The van der Waals surface area contributed by atoms with Crippen LogP contribution in [-0.2, 0) is 11.3 Å². The van der Waals surface area contributed by atoms with Crippen LogP contribution in [0.4, 0.5) is 0 Å². The second-order valence-electron chi connectivity index (χ2n) is 2.65. The van der Waals surface area contributed by atoms with Crippen LogP contribution in [0.5, 0.6) is 0 Å². The van der Waals surface area contributed by atoms with Crippen LogP contribution in [0, 0.1) is 0 Å². The molecule has 13 heavy (non-hydrogen) atoms. The number of rotatable bonds is 5. The van der Waals surface area contributed by atoms with Crippen molar-refractivity contribution < 1.29 is 4.74 Å². The first-order valence-electron chi connectivity index (χ1n) is 4.37. The zero-order valence-corrected chi connectivity index (χ0v) is 7.97. The van der Waals surface area contributed by atoms with Crippen LogP contribution >= 0.6 is 0 Å². The first-order valence-corrected chi connectivity index (χ1v) is 4.37. The maximum atomic E-state index is 5.41. The highest BCUT2D eigenvalue weighted by molar-refractivity contribution is 4.85. The summed E-state index contributed by atoms with van der Waals surface area (Å²) in [5.74, 6) is 0.729. The van der Waals surface area contributed by atoms with Crippen molar-refractivity contribution in [1.82, 2.24) is 20.2 Å². The zero-order valence-electron chi connectivity index (χ0n) is 7.97. The van der Waals surface area contributed by atoms with Gasteiger partial charge >= 0.3 is 0 Å². The minimum atomic E-state index is -0.0773. The Kier molecular flexibility index (Phi) is 3.78. The molecule has 1 atom stereocenters. The standard InChI is InChI=1S/C7H15N5O/c1-3-13-6(2)7-9-10-11-12(7)5-4-8/h6H,3-5,8H2,1-2H3. The molecule has 0 radical (unpaired) electrons. The number of nitrogens with two attached hydrogens (primary N) is 1. The molecule has 6 heteroatoms. The Labute approximate surface area is 77.1 Å². The summed E-state index contributed by atoms with van der Waals surface area (Å²) in [5, 5.41) is 11.3. The third kappa shape index (κ3) is 2.46. The molecule has 2 N–H and O–H groups in total. The van der Waals surface area contributed by atoms with E-state index in [0.29, 0.717) is 19.7 Å². The van der Waals surface area contributed by atoms with Crippen molar-refractivity contribution in [3.05, 3.63) is 5.82 Å². The molecule has 6 nitrogen and oxygen atoms in total. The molecule has 0 spiro atoms. The summed E-state index contributed by atoms with van der Waals surface area (Å²) in [4.78, 5) is 0. The van der Waals surface area contributed by atoms with Crippen LogP contribution in [0.1, 0.15) is 25.8 Å². The van der Waals surface area contributed by atoms with Gasteiger partial charge < -0.3 is 10.5 Å². The van der Waals surface area contributed by atoms with Crippen LogP contribution in [0.15, 0.2) is 0 Å². The van der Waals surface area contributed by atoms with Crippen LogP contribution in [0.25, 0.3) is 0 Å². The topological polar surface area (TPSA) is 78.9 Å². The van der Waals surface area contributed by atoms with Crippen LogP contribution < -0.4 is 5.73 Å². The van der Waals surface area contributed by atoms with E-state index in [1.54, 1.807) is 4.68 Å². The number of aromatic nitrogens is 4.